The Morgan fingerprint density at radius 1 is 1.14 bits per heavy atom. The number of ketones is 1. The van der Waals surface area contributed by atoms with Gasteiger partial charge in [0.15, 0.2) is 5.01 Å². The Kier molecular flexibility index (Phi) is 9.45. The van der Waals surface area contributed by atoms with Crippen LogP contribution in [-0.4, -0.2) is 51.4 Å². The van der Waals surface area contributed by atoms with Crippen LogP contribution in [0.3, 0.4) is 0 Å². The lowest BCUT2D eigenvalue weighted by Crippen LogP contribution is -2.47. The fourth-order valence-electron chi connectivity index (χ4n) is 4.84. The summed E-state index contributed by atoms with van der Waals surface area (Å²) < 4.78 is 7.36. The number of fused-ring (bicyclic) bond motifs is 1. The largest absolute Gasteiger partial charge is 0.444 e. The number of nitrogens with one attached hydrogen (secondary N) is 3. The molecule has 0 unspecified atom stereocenters. The van der Waals surface area contributed by atoms with Gasteiger partial charge in [-0.1, -0.05) is 26.0 Å². The van der Waals surface area contributed by atoms with Gasteiger partial charge in [0.25, 0.3) is 5.56 Å². The third kappa shape index (κ3) is 7.61. The summed E-state index contributed by atoms with van der Waals surface area (Å²) in [4.78, 5) is 70.3. The molecule has 4 rings (SSSR count). The summed E-state index contributed by atoms with van der Waals surface area (Å²) in [6.45, 7) is 9.46. The van der Waals surface area contributed by atoms with Gasteiger partial charge >= 0.3 is 6.09 Å². The van der Waals surface area contributed by atoms with Crippen LogP contribution in [0, 0.1) is 11.8 Å². The molecule has 3 atom stereocenters. The van der Waals surface area contributed by atoms with Gasteiger partial charge in [0.2, 0.25) is 17.6 Å². The van der Waals surface area contributed by atoms with Crippen LogP contribution in [0.2, 0.25) is 0 Å². The quantitative estimate of drug-likeness (QED) is 0.296. The molecule has 1 saturated heterocycles. The maximum absolute atomic E-state index is 13.9. The first kappa shape index (κ1) is 30.9. The van der Waals surface area contributed by atoms with E-state index in [9.17, 15) is 24.0 Å². The molecule has 3 aromatic rings. The molecule has 3 amide bonds. The smallest absolute Gasteiger partial charge is 0.412 e. The van der Waals surface area contributed by atoms with Gasteiger partial charge in [-0.05, 0) is 70.2 Å². The SMILES string of the molecule is CC(C)C[C@@H](C(=O)N[C@@H](C[C@@H]1CCNC1=O)C(=O)c1nc2ccccc2s1)n1cccc(NC(=O)OC(C)(C)C)c1=O. The zero-order chi connectivity index (χ0) is 30.6. The van der Waals surface area contributed by atoms with Gasteiger partial charge in [-0.3, -0.25) is 24.5 Å². The van der Waals surface area contributed by atoms with Crippen LogP contribution >= 0.6 is 11.3 Å². The minimum Gasteiger partial charge on any atom is -0.444 e. The van der Waals surface area contributed by atoms with Crippen molar-refractivity contribution in [3.63, 3.8) is 0 Å². The number of hydrogen-bond donors (Lipinski definition) is 3. The van der Waals surface area contributed by atoms with E-state index in [4.69, 9.17) is 4.74 Å². The molecule has 42 heavy (non-hydrogen) atoms. The molecule has 224 valence electrons. The number of hydrogen-bond acceptors (Lipinski definition) is 8. The number of carbonyl (C=O) groups is 4. The van der Waals surface area contributed by atoms with Gasteiger partial charge < -0.3 is 19.9 Å². The number of carbonyl (C=O) groups excluding carboxylic acids is 4. The average molecular weight is 596 g/mol. The Balaban J connectivity index is 1.63. The average Bonchev–Trinajstić information content (AvgIpc) is 3.52. The van der Waals surface area contributed by atoms with E-state index < -0.39 is 41.2 Å². The number of para-hydroxylation sites is 1. The van der Waals surface area contributed by atoms with Gasteiger partial charge in [0.1, 0.15) is 17.3 Å². The highest BCUT2D eigenvalue weighted by molar-refractivity contribution is 7.20. The van der Waals surface area contributed by atoms with E-state index in [1.807, 2.05) is 38.1 Å². The van der Waals surface area contributed by atoms with Crippen LogP contribution in [0.4, 0.5) is 10.5 Å². The molecule has 2 aromatic heterocycles. The lowest BCUT2D eigenvalue weighted by atomic mass is 9.95. The number of amides is 3. The maximum Gasteiger partial charge on any atom is 0.412 e. The van der Waals surface area contributed by atoms with Gasteiger partial charge in [-0.2, -0.15) is 0 Å². The molecule has 3 heterocycles. The number of thiazole rings is 1. The van der Waals surface area contributed by atoms with Gasteiger partial charge in [-0.25, -0.2) is 9.78 Å². The topological polar surface area (TPSA) is 148 Å². The second kappa shape index (κ2) is 12.8. The molecule has 1 aliphatic heterocycles. The number of rotatable bonds is 10. The van der Waals surface area contributed by atoms with Crippen molar-refractivity contribution < 1.29 is 23.9 Å². The number of anilines is 1. The first-order valence-corrected chi connectivity index (χ1v) is 14.8. The van der Waals surface area contributed by atoms with Gasteiger partial charge in [-0.15, -0.1) is 11.3 Å². The number of nitrogens with zero attached hydrogens (tertiary/aromatic N) is 2. The summed E-state index contributed by atoms with van der Waals surface area (Å²) in [6, 6.07) is 8.35. The molecule has 0 spiro atoms. The summed E-state index contributed by atoms with van der Waals surface area (Å²) in [6.07, 6.45) is 1.62. The van der Waals surface area contributed by atoms with Crippen LogP contribution in [0.1, 0.15) is 69.7 Å². The monoisotopic (exact) mass is 595 g/mol. The molecule has 0 bridgehead atoms. The second-order valence-electron chi connectivity index (χ2n) is 11.8. The standard InChI is InChI=1S/C30H37N5O6S/c1-17(2)15-22(35-14-8-10-20(28(35)39)34-29(40)41-30(3,4)5)26(38)32-21(16-18-12-13-31-25(18)37)24(36)27-33-19-9-6-7-11-23(19)42-27/h6-11,14,17-18,21-22H,12-13,15-16H2,1-5H3,(H,31,37)(H,32,38)(H,34,40)/t18-,21-,22-/m0/s1. The Labute approximate surface area is 248 Å². The molecule has 0 radical (unpaired) electrons. The van der Waals surface area contributed by atoms with Crippen LogP contribution in [-0.2, 0) is 14.3 Å². The predicted octanol–water partition coefficient (Wildman–Crippen LogP) is 4.29. The Hall–Kier alpha value is -4.06. The van der Waals surface area contributed by atoms with E-state index >= 15 is 0 Å². The lowest BCUT2D eigenvalue weighted by molar-refractivity contribution is -0.126. The molecule has 0 aliphatic carbocycles. The van der Waals surface area contributed by atoms with Crippen molar-refractivity contribution >= 4 is 50.9 Å². The van der Waals surface area contributed by atoms with Gasteiger partial charge in [0, 0.05) is 18.7 Å². The van der Waals surface area contributed by atoms with Crippen LogP contribution in [0.5, 0.6) is 0 Å². The molecular formula is C30H37N5O6S. The highest BCUT2D eigenvalue weighted by atomic mass is 32.1. The first-order chi connectivity index (χ1) is 19.8. The van der Waals surface area contributed by atoms with Crippen molar-refractivity contribution in [1.82, 2.24) is 20.2 Å². The summed E-state index contributed by atoms with van der Waals surface area (Å²) in [5, 5.41) is 8.34. The zero-order valence-electron chi connectivity index (χ0n) is 24.4. The number of ether oxygens (including phenoxy) is 1. The molecule has 1 aromatic carbocycles. The van der Waals surface area contributed by atoms with Gasteiger partial charge in [0.05, 0.1) is 16.3 Å². The van der Waals surface area contributed by atoms with Crippen LogP contribution in [0.15, 0.2) is 47.4 Å². The highest BCUT2D eigenvalue weighted by Gasteiger charge is 2.35. The molecule has 12 heteroatoms. The minimum atomic E-state index is -1.03. The van der Waals surface area contributed by atoms with Crippen molar-refractivity contribution in [3.05, 3.63) is 58.0 Å². The predicted molar refractivity (Wildman–Crippen MR) is 161 cm³/mol. The van der Waals surface area contributed by atoms with Crippen LogP contribution < -0.4 is 21.5 Å². The molecule has 3 N–H and O–H groups in total. The second-order valence-corrected chi connectivity index (χ2v) is 12.9. The number of benzene rings is 1. The Morgan fingerprint density at radius 2 is 1.88 bits per heavy atom. The third-order valence-electron chi connectivity index (χ3n) is 6.76. The van der Waals surface area contributed by atoms with Crippen LogP contribution in [0.25, 0.3) is 10.2 Å². The molecule has 1 fully saturated rings. The summed E-state index contributed by atoms with van der Waals surface area (Å²) in [5.41, 5.74) is -0.724. The molecule has 1 aliphatic rings. The van der Waals surface area contributed by atoms with Crippen molar-refractivity contribution in [2.24, 2.45) is 11.8 Å². The molecule has 11 nitrogen and oxygen atoms in total. The van der Waals surface area contributed by atoms with E-state index in [-0.39, 0.29) is 41.1 Å². The lowest BCUT2D eigenvalue weighted by Gasteiger charge is -2.25. The molecular weight excluding hydrogens is 558 g/mol. The van der Waals surface area contributed by atoms with E-state index in [1.165, 1.54) is 28.2 Å². The number of Topliss-reactive ketones (excluding diaryl/α,β-unsaturated/α-hetero) is 1. The van der Waals surface area contributed by atoms with Crippen molar-refractivity contribution in [2.45, 2.75) is 71.6 Å². The summed E-state index contributed by atoms with van der Waals surface area (Å²) in [5.74, 6) is -1.53. The van der Waals surface area contributed by atoms with Crippen molar-refractivity contribution in [3.8, 4) is 0 Å². The van der Waals surface area contributed by atoms with E-state index in [0.29, 0.717) is 18.5 Å². The minimum absolute atomic E-state index is 0.00847. The Morgan fingerprint density at radius 3 is 2.52 bits per heavy atom. The fraction of sp³-hybridized carbons (Fsp3) is 0.467. The van der Waals surface area contributed by atoms with E-state index in [1.54, 1.807) is 26.8 Å². The normalized spacial score (nSPS) is 16.6. The summed E-state index contributed by atoms with van der Waals surface area (Å²) >= 11 is 1.23. The zero-order valence-corrected chi connectivity index (χ0v) is 25.2. The van der Waals surface area contributed by atoms with Crippen molar-refractivity contribution in [2.75, 3.05) is 11.9 Å². The maximum atomic E-state index is 13.9. The summed E-state index contributed by atoms with van der Waals surface area (Å²) in [7, 11) is 0. The Bertz CT molecular complexity index is 1510. The van der Waals surface area contributed by atoms with E-state index in [0.717, 1.165) is 4.70 Å². The first-order valence-electron chi connectivity index (χ1n) is 14.0. The van der Waals surface area contributed by atoms with E-state index in [2.05, 4.69) is 20.9 Å². The van der Waals surface area contributed by atoms with Crippen molar-refractivity contribution in [1.29, 1.82) is 0 Å². The number of pyridine rings is 1. The highest BCUT2D eigenvalue weighted by Crippen LogP contribution is 2.26. The molecule has 0 saturated carbocycles. The third-order valence-corrected chi connectivity index (χ3v) is 7.81. The number of aromatic nitrogens is 2. The fourth-order valence-corrected chi connectivity index (χ4v) is 5.80.